The lowest BCUT2D eigenvalue weighted by Gasteiger charge is -2.15. The van der Waals surface area contributed by atoms with E-state index in [0.717, 1.165) is 30.7 Å². The van der Waals surface area contributed by atoms with E-state index in [4.69, 9.17) is 27.2 Å². The first-order valence-electron chi connectivity index (χ1n) is 7.61. The molecule has 8 heteroatoms. The predicted octanol–water partition coefficient (Wildman–Crippen LogP) is 1.54. The minimum atomic E-state index is -0.186. The Bertz CT molecular complexity index is 757. The maximum Gasteiger partial charge on any atom is 0.250 e. The van der Waals surface area contributed by atoms with Crippen molar-refractivity contribution in [3.8, 4) is 11.3 Å². The van der Waals surface area contributed by atoms with Gasteiger partial charge in [-0.05, 0) is 25.8 Å². The van der Waals surface area contributed by atoms with Crippen LogP contribution in [0.15, 0.2) is 23.1 Å². The maximum atomic E-state index is 11.4. The van der Waals surface area contributed by atoms with Crippen molar-refractivity contribution in [1.29, 1.82) is 0 Å². The number of aliphatic hydroxyl groups is 1. The number of nitrogens with two attached hydrogens (primary N) is 1. The lowest BCUT2D eigenvalue weighted by molar-refractivity contribution is -0.00535. The van der Waals surface area contributed by atoms with E-state index >= 15 is 0 Å². The Morgan fingerprint density at radius 1 is 1.46 bits per heavy atom. The number of rotatable bonds is 1. The van der Waals surface area contributed by atoms with Gasteiger partial charge in [0.1, 0.15) is 0 Å². The van der Waals surface area contributed by atoms with Crippen LogP contribution < -0.4 is 11.3 Å². The molecule has 3 N–H and O–H groups in total. The van der Waals surface area contributed by atoms with Gasteiger partial charge in [-0.2, -0.15) is 0 Å². The van der Waals surface area contributed by atoms with E-state index in [2.05, 4.69) is 9.97 Å². The number of hydrogen-bond acceptors (Lipinski definition) is 6. The molecule has 0 radical (unpaired) electrons. The third kappa shape index (κ3) is 4.53. The number of aliphatic hydroxyl groups excluding tert-OH is 1. The number of halogens is 1. The van der Waals surface area contributed by atoms with Crippen LogP contribution in [0.2, 0.25) is 5.02 Å². The van der Waals surface area contributed by atoms with Crippen LogP contribution in [0.5, 0.6) is 0 Å². The topological polar surface area (TPSA) is 103 Å². The molecule has 1 aliphatic rings. The molecule has 1 unspecified atom stereocenters. The molecule has 1 fully saturated rings. The molecule has 130 valence electrons. The number of nitrogens with zero attached hydrogens (tertiary/aromatic N) is 3. The Kier molecular flexibility index (Phi) is 6.30. The standard InChI is InChI=1S/C11H11ClN4O.C5H10O2/c1-6-7(3-4-9(17)16(6)2)10-8(12)5-14-11(13)15-10;6-5-2-1-3-7-4-5/h3-5H,1-2H3,(H2,13,14,15);5-6H,1-4H2. The number of nitrogen functional groups attached to an aromatic ring is 1. The minimum absolute atomic E-state index is 0.0793. The van der Waals surface area contributed by atoms with Crippen molar-refractivity contribution in [3.05, 3.63) is 39.4 Å². The van der Waals surface area contributed by atoms with Crippen molar-refractivity contribution in [2.24, 2.45) is 7.05 Å². The molecule has 1 atom stereocenters. The lowest BCUT2D eigenvalue weighted by Crippen LogP contribution is -2.21. The first-order chi connectivity index (χ1) is 11.4. The Morgan fingerprint density at radius 3 is 2.79 bits per heavy atom. The molecular formula is C16H21ClN4O3. The van der Waals surface area contributed by atoms with Crippen molar-refractivity contribution in [3.63, 3.8) is 0 Å². The van der Waals surface area contributed by atoms with Gasteiger partial charge in [-0.25, -0.2) is 9.97 Å². The van der Waals surface area contributed by atoms with Crippen LogP contribution in [0.25, 0.3) is 11.3 Å². The van der Waals surface area contributed by atoms with Gasteiger partial charge in [-0.3, -0.25) is 4.79 Å². The SMILES string of the molecule is Cc1c(-c2nc(N)ncc2Cl)ccc(=O)n1C.OC1CCCOC1. The zero-order chi connectivity index (χ0) is 17.7. The molecule has 24 heavy (non-hydrogen) atoms. The highest BCUT2D eigenvalue weighted by Crippen LogP contribution is 2.27. The minimum Gasteiger partial charge on any atom is -0.391 e. The van der Waals surface area contributed by atoms with Gasteiger partial charge >= 0.3 is 0 Å². The van der Waals surface area contributed by atoms with Gasteiger partial charge in [0.15, 0.2) is 0 Å². The molecular weight excluding hydrogens is 332 g/mol. The van der Waals surface area contributed by atoms with Gasteiger partial charge in [0.05, 0.1) is 29.6 Å². The Morgan fingerprint density at radius 2 is 2.21 bits per heavy atom. The molecule has 1 saturated heterocycles. The second-order valence-corrected chi connectivity index (χ2v) is 5.93. The molecule has 0 bridgehead atoms. The van der Waals surface area contributed by atoms with Gasteiger partial charge in [-0.1, -0.05) is 11.6 Å². The normalized spacial score (nSPS) is 17.1. The summed E-state index contributed by atoms with van der Waals surface area (Å²) in [7, 11) is 1.69. The number of aromatic nitrogens is 3. The maximum absolute atomic E-state index is 11.4. The van der Waals surface area contributed by atoms with Gasteiger partial charge in [-0.15, -0.1) is 0 Å². The Hall–Kier alpha value is -1.96. The summed E-state index contributed by atoms with van der Waals surface area (Å²) in [5, 5.41) is 9.19. The van der Waals surface area contributed by atoms with Crippen molar-refractivity contribution < 1.29 is 9.84 Å². The summed E-state index contributed by atoms with van der Waals surface area (Å²) in [6.45, 7) is 3.20. The van der Waals surface area contributed by atoms with Crippen molar-refractivity contribution in [2.45, 2.75) is 25.9 Å². The third-order valence-electron chi connectivity index (χ3n) is 3.77. The number of hydrogen-bond donors (Lipinski definition) is 2. The van der Waals surface area contributed by atoms with E-state index in [0.29, 0.717) is 17.3 Å². The molecule has 7 nitrogen and oxygen atoms in total. The Balaban J connectivity index is 0.000000249. The largest absolute Gasteiger partial charge is 0.391 e. The van der Waals surface area contributed by atoms with Crippen LogP contribution in [-0.2, 0) is 11.8 Å². The fourth-order valence-electron chi connectivity index (χ4n) is 2.28. The van der Waals surface area contributed by atoms with Gasteiger partial charge in [0.25, 0.3) is 0 Å². The summed E-state index contributed by atoms with van der Waals surface area (Å²) in [5.41, 5.74) is 7.53. The molecule has 0 aromatic carbocycles. The van der Waals surface area contributed by atoms with E-state index in [1.165, 1.54) is 16.8 Å². The molecule has 2 aromatic rings. The zero-order valence-corrected chi connectivity index (χ0v) is 14.5. The van der Waals surface area contributed by atoms with Crippen LogP contribution in [0.1, 0.15) is 18.5 Å². The fraction of sp³-hybridized carbons (Fsp3) is 0.438. The molecule has 1 aliphatic heterocycles. The number of ether oxygens (including phenoxy) is 1. The molecule has 0 aliphatic carbocycles. The third-order valence-corrected chi connectivity index (χ3v) is 4.05. The first kappa shape index (κ1) is 18.4. The van der Waals surface area contributed by atoms with Gasteiger partial charge < -0.3 is 20.1 Å². The quantitative estimate of drug-likeness (QED) is 0.807. The van der Waals surface area contributed by atoms with Crippen molar-refractivity contribution in [1.82, 2.24) is 14.5 Å². The Labute approximate surface area is 145 Å². The van der Waals surface area contributed by atoms with E-state index in [-0.39, 0.29) is 17.6 Å². The van der Waals surface area contributed by atoms with Crippen LogP contribution >= 0.6 is 11.6 Å². The lowest BCUT2D eigenvalue weighted by atomic mass is 10.1. The summed E-state index contributed by atoms with van der Waals surface area (Å²) >= 11 is 6.03. The first-order valence-corrected chi connectivity index (χ1v) is 7.98. The molecule has 3 rings (SSSR count). The van der Waals surface area contributed by atoms with Crippen LogP contribution in [0.4, 0.5) is 5.95 Å². The molecule has 2 aromatic heterocycles. The highest BCUT2D eigenvalue weighted by Gasteiger charge is 2.11. The van der Waals surface area contributed by atoms with E-state index in [1.54, 1.807) is 13.1 Å². The smallest absolute Gasteiger partial charge is 0.250 e. The monoisotopic (exact) mass is 352 g/mol. The molecule has 0 spiro atoms. The van der Waals surface area contributed by atoms with Gasteiger partial charge in [0, 0.05) is 31.0 Å². The molecule has 3 heterocycles. The van der Waals surface area contributed by atoms with E-state index < -0.39 is 0 Å². The fourth-order valence-corrected chi connectivity index (χ4v) is 2.47. The van der Waals surface area contributed by atoms with Gasteiger partial charge in [0.2, 0.25) is 11.5 Å². The van der Waals surface area contributed by atoms with Crippen LogP contribution in [0.3, 0.4) is 0 Å². The summed E-state index contributed by atoms with van der Waals surface area (Å²) < 4.78 is 6.46. The van der Waals surface area contributed by atoms with Crippen LogP contribution in [0, 0.1) is 6.92 Å². The van der Waals surface area contributed by atoms with Crippen molar-refractivity contribution in [2.75, 3.05) is 18.9 Å². The predicted molar refractivity (Wildman–Crippen MR) is 92.9 cm³/mol. The number of anilines is 1. The highest BCUT2D eigenvalue weighted by molar-refractivity contribution is 6.32. The average molecular weight is 353 g/mol. The van der Waals surface area contributed by atoms with E-state index in [9.17, 15) is 4.79 Å². The second kappa shape index (κ2) is 8.23. The molecule has 0 saturated carbocycles. The molecule has 0 amide bonds. The second-order valence-electron chi connectivity index (χ2n) is 5.53. The summed E-state index contributed by atoms with van der Waals surface area (Å²) in [5.74, 6) is 0.151. The average Bonchev–Trinajstić information content (AvgIpc) is 2.57. The summed E-state index contributed by atoms with van der Waals surface area (Å²) in [4.78, 5) is 19.3. The summed E-state index contributed by atoms with van der Waals surface area (Å²) in [6, 6.07) is 3.16. The number of pyridine rings is 1. The van der Waals surface area contributed by atoms with E-state index in [1.807, 2.05) is 6.92 Å². The summed E-state index contributed by atoms with van der Waals surface area (Å²) in [6.07, 6.45) is 3.19. The highest BCUT2D eigenvalue weighted by atomic mass is 35.5. The van der Waals surface area contributed by atoms with Crippen LogP contribution in [-0.4, -0.2) is 39.0 Å². The zero-order valence-electron chi connectivity index (χ0n) is 13.7. The van der Waals surface area contributed by atoms with Crippen molar-refractivity contribution >= 4 is 17.5 Å².